The molecule has 1 aromatic rings. The molecule has 0 aliphatic carbocycles. The molecule has 1 rings (SSSR count). The normalized spacial score (nSPS) is 12.4. The minimum Gasteiger partial charge on any atom is -0.495 e. The van der Waals surface area contributed by atoms with Crippen LogP contribution in [0.3, 0.4) is 0 Å². The maximum absolute atomic E-state index is 5.38. The van der Waals surface area contributed by atoms with Gasteiger partial charge in [0.25, 0.3) is 0 Å². The van der Waals surface area contributed by atoms with E-state index in [2.05, 4.69) is 23.5 Å². The van der Waals surface area contributed by atoms with Crippen molar-refractivity contribution in [1.82, 2.24) is 10.3 Å². The number of aromatic nitrogens is 1. The van der Waals surface area contributed by atoms with Crippen LogP contribution in [0.25, 0.3) is 0 Å². The number of nitrogens with one attached hydrogen (secondary N) is 1. The molecule has 0 bridgehead atoms. The summed E-state index contributed by atoms with van der Waals surface area (Å²) in [6.07, 6.45) is 6.17. The van der Waals surface area contributed by atoms with Gasteiger partial charge in [-0.15, -0.1) is 0 Å². The van der Waals surface area contributed by atoms with Gasteiger partial charge >= 0.3 is 0 Å². The van der Waals surface area contributed by atoms with E-state index in [0.717, 1.165) is 36.6 Å². The van der Waals surface area contributed by atoms with Gasteiger partial charge in [0.15, 0.2) is 0 Å². The molecule has 1 unspecified atom stereocenters. The Morgan fingerprint density at radius 1 is 1.53 bits per heavy atom. The lowest BCUT2D eigenvalue weighted by molar-refractivity contribution is 0.392. The Hall–Kier alpha value is -0.740. The van der Waals surface area contributed by atoms with Crippen molar-refractivity contribution in [2.45, 2.75) is 25.8 Å². The van der Waals surface area contributed by atoms with Gasteiger partial charge in [-0.3, -0.25) is 4.98 Å². The average molecular weight is 254 g/mol. The second-order valence-electron chi connectivity index (χ2n) is 3.88. The molecule has 0 radical (unpaired) electrons. The molecule has 96 valence electrons. The van der Waals surface area contributed by atoms with Crippen molar-refractivity contribution in [3.8, 4) is 5.75 Å². The monoisotopic (exact) mass is 254 g/mol. The molecule has 0 amide bonds. The minimum atomic E-state index is 0.290. The Balaban J connectivity index is 2.78. The number of thioether (sulfide) groups is 1. The van der Waals surface area contributed by atoms with Gasteiger partial charge in [0, 0.05) is 6.20 Å². The number of hydrogen-bond acceptors (Lipinski definition) is 4. The summed E-state index contributed by atoms with van der Waals surface area (Å²) in [6.45, 7) is 3.19. The average Bonchev–Trinajstić information content (AvgIpc) is 2.39. The second-order valence-corrected chi connectivity index (χ2v) is 4.86. The van der Waals surface area contributed by atoms with Gasteiger partial charge in [-0.25, -0.2) is 0 Å². The van der Waals surface area contributed by atoms with Crippen LogP contribution in [0.15, 0.2) is 18.3 Å². The lowest BCUT2D eigenvalue weighted by Gasteiger charge is -2.19. The molecule has 0 aliphatic heterocycles. The van der Waals surface area contributed by atoms with E-state index >= 15 is 0 Å². The zero-order chi connectivity index (χ0) is 12.5. The first-order chi connectivity index (χ1) is 8.33. The smallest absolute Gasteiger partial charge is 0.141 e. The van der Waals surface area contributed by atoms with Crippen LogP contribution in [0.2, 0.25) is 0 Å². The first kappa shape index (κ1) is 14.3. The molecule has 1 heterocycles. The van der Waals surface area contributed by atoms with Crippen LogP contribution < -0.4 is 10.1 Å². The van der Waals surface area contributed by atoms with Gasteiger partial charge in [-0.1, -0.05) is 6.92 Å². The first-order valence-corrected chi connectivity index (χ1v) is 7.44. The van der Waals surface area contributed by atoms with Crippen molar-refractivity contribution in [2.75, 3.05) is 25.7 Å². The van der Waals surface area contributed by atoms with E-state index in [1.54, 1.807) is 7.11 Å². The fourth-order valence-corrected chi connectivity index (χ4v) is 2.20. The highest BCUT2D eigenvalue weighted by Gasteiger charge is 2.16. The van der Waals surface area contributed by atoms with Crippen LogP contribution in [0, 0.1) is 0 Å². The second kappa shape index (κ2) is 8.37. The molecule has 0 saturated heterocycles. The Kier molecular flexibility index (Phi) is 7.05. The molecular weight excluding hydrogens is 232 g/mol. The van der Waals surface area contributed by atoms with Crippen molar-refractivity contribution >= 4 is 11.8 Å². The number of ether oxygens (including phenoxy) is 1. The molecule has 0 aliphatic rings. The van der Waals surface area contributed by atoms with Crippen LogP contribution in [0.5, 0.6) is 5.75 Å². The van der Waals surface area contributed by atoms with Crippen LogP contribution in [-0.2, 0) is 0 Å². The van der Waals surface area contributed by atoms with Crippen molar-refractivity contribution in [2.24, 2.45) is 0 Å². The quantitative estimate of drug-likeness (QED) is 0.773. The highest BCUT2D eigenvalue weighted by Crippen LogP contribution is 2.25. The summed E-state index contributed by atoms with van der Waals surface area (Å²) in [4.78, 5) is 4.46. The third-order valence-corrected chi connectivity index (χ3v) is 3.25. The highest BCUT2D eigenvalue weighted by atomic mass is 32.2. The Morgan fingerprint density at radius 2 is 2.35 bits per heavy atom. The summed E-state index contributed by atoms with van der Waals surface area (Å²) in [5.74, 6) is 2.00. The van der Waals surface area contributed by atoms with Crippen LogP contribution in [0.1, 0.15) is 31.5 Å². The maximum atomic E-state index is 5.38. The van der Waals surface area contributed by atoms with E-state index in [9.17, 15) is 0 Å². The zero-order valence-electron chi connectivity index (χ0n) is 10.9. The Labute approximate surface area is 108 Å². The zero-order valence-corrected chi connectivity index (χ0v) is 11.7. The summed E-state index contributed by atoms with van der Waals surface area (Å²) in [7, 11) is 1.70. The fraction of sp³-hybridized carbons (Fsp3) is 0.615. The van der Waals surface area contributed by atoms with Crippen molar-refractivity contribution in [3.05, 3.63) is 24.0 Å². The van der Waals surface area contributed by atoms with Gasteiger partial charge in [-0.2, -0.15) is 11.8 Å². The molecule has 0 fully saturated rings. The van der Waals surface area contributed by atoms with E-state index in [-0.39, 0.29) is 0 Å². The number of methoxy groups -OCH3 is 1. The van der Waals surface area contributed by atoms with E-state index in [1.165, 1.54) is 0 Å². The lowest BCUT2D eigenvalue weighted by Crippen LogP contribution is -2.24. The molecule has 3 nitrogen and oxygen atoms in total. The summed E-state index contributed by atoms with van der Waals surface area (Å²) < 4.78 is 5.38. The number of pyridine rings is 1. The molecule has 4 heteroatoms. The molecule has 0 aromatic carbocycles. The van der Waals surface area contributed by atoms with Gasteiger partial charge in [0.1, 0.15) is 5.75 Å². The Morgan fingerprint density at radius 3 is 3.00 bits per heavy atom. The third-order valence-electron chi connectivity index (χ3n) is 2.60. The van der Waals surface area contributed by atoms with Crippen molar-refractivity contribution < 1.29 is 4.74 Å². The van der Waals surface area contributed by atoms with Gasteiger partial charge in [0.05, 0.1) is 18.8 Å². The summed E-state index contributed by atoms with van der Waals surface area (Å²) in [5, 5.41) is 3.54. The number of rotatable bonds is 8. The highest BCUT2D eigenvalue weighted by molar-refractivity contribution is 7.98. The standard InChI is InChI=1S/C13H22N2OS/c1-4-8-14-11(7-10-17-3)13-12(16-2)6-5-9-15-13/h5-6,9,11,14H,4,7-8,10H2,1-3H3. The molecule has 1 N–H and O–H groups in total. The fourth-order valence-electron chi connectivity index (χ4n) is 1.73. The topological polar surface area (TPSA) is 34.2 Å². The van der Waals surface area contributed by atoms with E-state index in [1.807, 2.05) is 30.1 Å². The molecule has 1 atom stereocenters. The molecular formula is C13H22N2OS. The number of hydrogen-bond donors (Lipinski definition) is 1. The van der Waals surface area contributed by atoms with Gasteiger partial charge in [-0.05, 0) is 43.5 Å². The van der Waals surface area contributed by atoms with Gasteiger partial charge in [0.2, 0.25) is 0 Å². The minimum absolute atomic E-state index is 0.290. The maximum Gasteiger partial charge on any atom is 0.141 e. The largest absolute Gasteiger partial charge is 0.495 e. The summed E-state index contributed by atoms with van der Waals surface area (Å²) >= 11 is 1.86. The van der Waals surface area contributed by atoms with Gasteiger partial charge < -0.3 is 10.1 Å². The van der Waals surface area contributed by atoms with Crippen molar-refractivity contribution in [1.29, 1.82) is 0 Å². The molecule has 0 spiro atoms. The third kappa shape index (κ3) is 4.56. The van der Waals surface area contributed by atoms with Crippen LogP contribution in [0.4, 0.5) is 0 Å². The summed E-state index contributed by atoms with van der Waals surface area (Å²) in [5.41, 5.74) is 1.03. The van der Waals surface area contributed by atoms with Crippen LogP contribution in [-0.4, -0.2) is 30.6 Å². The molecule has 17 heavy (non-hydrogen) atoms. The van der Waals surface area contributed by atoms with Crippen LogP contribution >= 0.6 is 11.8 Å². The molecule has 1 aromatic heterocycles. The predicted molar refractivity (Wildman–Crippen MR) is 74.8 cm³/mol. The van der Waals surface area contributed by atoms with E-state index in [0.29, 0.717) is 6.04 Å². The predicted octanol–water partition coefficient (Wildman–Crippen LogP) is 2.88. The summed E-state index contributed by atoms with van der Waals surface area (Å²) in [6, 6.07) is 4.18. The lowest BCUT2D eigenvalue weighted by atomic mass is 10.1. The Bertz CT molecular complexity index is 312. The number of nitrogens with zero attached hydrogens (tertiary/aromatic N) is 1. The van der Waals surface area contributed by atoms with Crippen molar-refractivity contribution in [3.63, 3.8) is 0 Å². The molecule has 0 saturated carbocycles. The first-order valence-electron chi connectivity index (χ1n) is 6.04. The van der Waals surface area contributed by atoms with E-state index < -0.39 is 0 Å². The van der Waals surface area contributed by atoms with E-state index in [4.69, 9.17) is 4.74 Å². The SMILES string of the molecule is CCCNC(CCSC)c1ncccc1OC.